The molecule has 0 aliphatic carbocycles. The van der Waals surface area contributed by atoms with Crippen molar-refractivity contribution in [2.75, 3.05) is 5.32 Å². The van der Waals surface area contributed by atoms with Gasteiger partial charge in [0.1, 0.15) is 5.82 Å². The lowest BCUT2D eigenvalue weighted by atomic mass is 10.1. The number of anilines is 1. The molecule has 1 aromatic carbocycles. The van der Waals surface area contributed by atoms with E-state index in [0.717, 1.165) is 15.7 Å². The first-order valence-corrected chi connectivity index (χ1v) is 6.07. The predicted molar refractivity (Wildman–Crippen MR) is 70.4 cm³/mol. The average molecular weight is 295 g/mol. The van der Waals surface area contributed by atoms with Gasteiger partial charge in [-0.25, -0.2) is 4.39 Å². The Labute approximate surface area is 108 Å². The fourth-order valence-corrected chi connectivity index (χ4v) is 1.93. The largest absolute Gasteiger partial charge is 0.378 e. The number of benzene rings is 1. The summed E-state index contributed by atoms with van der Waals surface area (Å²) in [4.78, 5) is 4.00. The van der Waals surface area contributed by atoms with E-state index in [2.05, 4.69) is 26.2 Å². The van der Waals surface area contributed by atoms with Crippen molar-refractivity contribution >= 4 is 21.6 Å². The van der Waals surface area contributed by atoms with Gasteiger partial charge in [0.05, 0.1) is 10.2 Å². The van der Waals surface area contributed by atoms with E-state index in [-0.39, 0.29) is 11.9 Å². The van der Waals surface area contributed by atoms with Crippen molar-refractivity contribution in [3.05, 3.63) is 58.6 Å². The Kier molecular flexibility index (Phi) is 3.74. The zero-order valence-electron chi connectivity index (χ0n) is 9.32. The smallest absolute Gasteiger partial charge is 0.123 e. The second-order valence-electron chi connectivity index (χ2n) is 3.77. The molecule has 0 fully saturated rings. The summed E-state index contributed by atoms with van der Waals surface area (Å²) in [6.07, 6.45) is 3.46. The maximum Gasteiger partial charge on any atom is 0.123 e. The number of nitrogens with one attached hydrogen (secondary N) is 1. The second-order valence-corrected chi connectivity index (χ2v) is 4.63. The molecule has 0 saturated carbocycles. The molecule has 1 atom stereocenters. The number of aromatic nitrogens is 1. The SMILES string of the molecule is CC(Nc1ccncc1Br)c1ccc(F)cc1. The third-order valence-corrected chi connectivity index (χ3v) is 3.15. The number of hydrogen-bond donors (Lipinski definition) is 1. The lowest BCUT2D eigenvalue weighted by molar-refractivity contribution is 0.626. The molecule has 1 unspecified atom stereocenters. The van der Waals surface area contributed by atoms with Crippen molar-refractivity contribution in [1.29, 1.82) is 0 Å². The molecule has 0 bridgehead atoms. The maximum absolute atomic E-state index is 12.8. The fourth-order valence-electron chi connectivity index (χ4n) is 1.56. The molecule has 88 valence electrons. The van der Waals surface area contributed by atoms with Crippen LogP contribution >= 0.6 is 15.9 Å². The minimum atomic E-state index is -0.217. The van der Waals surface area contributed by atoms with E-state index in [1.807, 2.05) is 13.0 Å². The van der Waals surface area contributed by atoms with Gasteiger partial charge in [-0.3, -0.25) is 4.98 Å². The van der Waals surface area contributed by atoms with Crippen LogP contribution in [-0.2, 0) is 0 Å². The van der Waals surface area contributed by atoms with Gasteiger partial charge in [0.15, 0.2) is 0 Å². The van der Waals surface area contributed by atoms with Crippen molar-refractivity contribution < 1.29 is 4.39 Å². The van der Waals surface area contributed by atoms with Crippen molar-refractivity contribution in [3.63, 3.8) is 0 Å². The van der Waals surface area contributed by atoms with Crippen LogP contribution in [0.1, 0.15) is 18.5 Å². The number of halogens is 2. The Bertz CT molecular complexity index is 499. The molecular weight excluding hydrogens is 283 g/mol. The first-order chi connectivity index (χ1) is 8.16. The van der Waals surface area contributed by atoms with Crippen LogP contribution < -0.4 is 5.32 Å². The number of nitrogens with zero attached hydrogens (tertiary/aromatic N) is 1. The molecule has 2 rings (SSSR count). The summed E-state index contributed by atoms with van der Waals surface area (Å²) >= 11 is 3.42. The molecule has 0 radical (unpaired) electrons. The van der Waals surface area contributed by atoms with Crippen molar-refractivity contribution in [1.82, 2.24) is 4.98 Å². The lowest BCUT2D eigenvalue weighted by Crippen LogP contribution is -2.07. The van der Waals surface area contributed by atoms with Gasteiger partial charge in [-0.05, 0) is 46.6 Å². The maximum atomic E-state index is 12.8. The predicted octanol–water partition coefficient (Wildman–Crippen LogP) is 4.16. The summed E-state index contributed by atoms with van der Waals surface area (Å²) < 4.78 is 13.7. The minimum absolute atomic E-state index is 0.106. The molecule has 0 aliphatic heterocycles. The molecule has 1 N–H and O–H groups in total. The summed E-state index contributed by atoms with van der Waals surface area (Å²) in [5.41, 5.74) is 2.01. The van der Waals surface area contributed by atoms with Gasteiger partial charge in [0, 0.05) is 18.4 Å². The van der Waals surface area contributed by atoms with Gasteiger partial charge in [-0.2, -0.15) is 0 Å². The van der Waals surface area contributed by atoms with Gasteiger partial charge >= 0.3 is 0 Å². The van der Waals surface area contributed by atoms with E-state index in [9.17, 15) is 4.39 Å². The van der Waals surface area contributed by atoms with E-state index in [4.69, 9.17) is 0 Å². The molecule has 1 aromatic heterocycles. The number of hydrogen-bond acceptors (Lipinski definition) is 2. The van der Waals surface area contributed by atoms with Crippen LogP contribution in [0.15, 0.2) is 47.2 Å². The highest BCUT2D eigenvalue weighted by Gasteiger charge is 2.07. The Hall–Kier alpha value is -1.42. The zero-order chi connectivity index (χ0) is 12.3. The molecule has 0 amide bonds. The Balaban J connectivity index is 2.14. The minimum Gasteiger partial charge on any atom is -0.378 e. The van der Waals surface area contributed by atoms with Gasteiger partial charge in [-0.15, -0.1) is 0 Å². The van der Waals surface area contributed by atoms with Crippen LogP contribution in [-0.4, -0.2) is 4.98 Å². The number of pyridine rings is 1. The standard InChI is InChI=1S/C13H12BrFN2/c1-9(10-2-4-11(15)5-3-10)17-13-6-7-16-8-12(13)14/h2-9H,1H3,(H,16,17). The van der Waals surface area contributed by atoms with Gasteiger partial charge in [0.2, 0.25) is 0 Å². The second kappa shape index (κ2) is 5.27. The highest BCUT2D eigenvalue weighted by atomic mass is 79.9. The highest BCUT2D eigenvalue weighted by Crippen LogP contribution is 2.25. The zero-order valence-corrected chi connectivity index (χ0v) is 10.9. The van der Waals surface area contributed by atoms with Crippen LogP contribution in [0.4, 0.5) is 10.1 Å². The molecule has 17 heavy (non-hydrogen) atoms. The quantitative estimate of drug-likeness (QED) is 0.919. The van der Waals surface area contributed by atoms with Crippen LogP contribution in [0.2, 0.25) is 0 Å². The highest BCUT2D eigenvalue weighted by molar-refractivity contribution is 9.10. The molecule has 0 saturated heterocycles. The summed E-state index contributed by atoms with van der Waals surface area (Å²) in [7, 11) is 0. The van der Waals surface area contributed by atoms with Crippen molar-refractivity contribution in [2.24, 2.45) is 0 Å². The fraction of sp³-hybridized carbons (Fsp3) is 0.154. The lowest BCUT2D eigenvalue weighted by Gasteiger charge is -2.16. The monoisotopic (exact) mass is 294 g/mol. The topological polar surface area (TPSA) is 24.9 Å². The van der Waals surface area contributed by atoms with E-state index < -0.39 is 0 Å². The Morgan fingerprint density at radius 1 is 1.24 bits per heavy atom. The molecule has 1 heterocycles. The molecular formula is C13H12BrFN2. The third kappa shape index (κ3) is 3.03. The summed E-state index contributed by atoms with van der Waals surface area (Å²) in [5, 5.41) is 3.34. The van der Waals surface area contributed by atoms with Crippen LogP contribution in [0.25, 0.3) is 0 Å². The molecule has 2 nitrogen and oxygen atoms in total. The van der Waals surface area contributed by atoms with Crippen molar-refractivity contribution in [3.8, 4) is 0 Å². The van der Waals surface area contributed by atoms with E-state index >= 15 is 0 Å². The van der Waals surface area contributed by atoms with Crippen molar-refractivity contribution in [2.45, 2.75) is 13.0 Å². The van der Waals surface area contributed by atoms with Gasteiger partial charge in [-0.1, -0.05) is 12.1 Å². The average Bonchev–Trinajstić information content (AvgIpc) is 2.33. The third-order valence-electron chi connectivity index (χ3n) is 2.51. The van der Waals surface area contributed by atoms with Crippen LogP contribution in [0.3, 0.4) is 0 Å². The number of rotatable bonds is 3. The molecule has 4 heteroatoms. The summed E-state index contributed by atoms with van der Waals surface area (Å²) in [6, 6.07) is 8.49. The molecule has 0 aliphatic rings. The van der Waals surface area contributed by atoms with Crippen LogP contribution in [0.5, 0.6) is 0 Å². The first kappa shape index (κ1) is 12.0. The summed E-state index contributed by atoms with van der Waals surface area (Å²) in [5.74, 6) is -0.217. The van der Waals surface area contributed by atoms with E-state index in [1.54, 1.807) is 24.5 Å². The Morgan fingerprint density at radius 2 is 1.94 bits per heavy atom. The van der Waals surface area contributed by atoms with E-state index in [0.29, 0.717) is 0 Å². The molecule has 2 aromatic rings. The first-order valence-electron chi connectivity index (χ1n) is 5.28. The van der Waals surface area contributed by atoms with Gasteiger partial charge < -0.3 is 5.32 Å². The van der Waals surface area contributed by atoms with Gasteiger partial charge in [0.25, 0.3) is 0 Å². The van der Waals surface area contributed by atoms with Crippen LogP contribution in [0, 0.1) is 5.82 Å². The normalized spacial score (nSPS) is 12.2. The van der Waals surface area contributed by atoms with E-state index in [1.165, 1.54) is 12.1 Å². The molecule has 0 spiro atoms. The summed E-state index contributed by atoms with van der Waals surface area (Å²) in [6.45, 7) is 2.03. The Morgan fingerprint density at radius 3 is 2.59 bits per heavy atom.